The van der Waals surface area contributed by atoms with E-state index in [1.54, 1.807) is 0 Å². The quantitative estimate of drug-likeness (QED) is 0.185. The summed E-state index contributed by atoms with van der Waals surface area (Å²) in [5.74, 6) is 0. The highest BCUT2D eigenvalue weighted by atomic mass is 16.3. The summed E-state index contributed by atoms with van der Waals surface area (Å²) in [5.41, 5.74) is 16.9. The van der Waals surface area contributed by atoms with E-state index in [4.69, 9.17) is 8.83 Å². The number of nitrogens with zero attached hydrogens (tertiary/aromatic N) is 1. The summed E-state index contributed by atoms with van der Waals surface area (Å²) in [6.45, 7) is 4.69. The van der Waals surface area contributed by atoms with Gasteiger partial charge in [-0.1, -0.05) is 129 Å². The number of furan rings is 2. The van der Waals surface area contributed by atoms with Gasteiger partial charge in [0.1, 0.15) is 16.7 Å². The topological polar surface area (TPSA) is 31.2 Å². The molecule has 0 spiro atoms. The first-order chi connectivity index (χ1) is 26.5. The van der Waals surface area contributed by atoms with Gasteiger partial charge in [0.2, 0.25) is 0 Å². The van der Waals surface area contributed by atoms with Crippen LogP contribution < -0.4 is 0 Å². The molecule has 3 nitrogen and oxygen atoms in total. The van der Waals surface area contributed by atoms with E-state index in [-0.39, 0.29) is 5.41 Å². The molecule has 11 aromatic rings. The Morgan fingerprint density at radius 2 is 1.00 bits per heavy atom. The van der Waals surface area contributed by atoms with E-state index in [1.165, 1.54) is 44.2 Å². The van der Waals surface area contributed by atoms with Gasteiger partial charge in [-0.25, -0.2) is 0 Å². The molecule has 0 radical (unpaired) electrons. The third-order valence-corrected chi connectivity index (χ3v) is 12.0. The van der Waals surface area contributed by atoms with Gasteiger partial charge in [0, 0.05) is 43.3 Å². The lowest BCUT2D eigenvalue weighted by Gasteiger charge is -2.22. The first-order valence-corrected chi connectivity index (χ1v) is 18.7. The lowest BCUT2D eigenvalue weighted by Crippen LogP contribution is -2.14. The van der Waals surface area contributed by atoms with E-state index in [0.717, 1.165) is 71.7 Å². The van der Waals surface area contributed by atoms with Crippen molar-refractivity contribution in [2.75, 3.05) is 0 Å². The fourth-order valence-electron chi connectivity index (χ4n) is 9.40. The molecule has 0 unspecified atom stereocenters. The largest absolute Gasteiger partial charge is 0.455 e. The van der Waals surface area contributed by atoms with Gasteiger partial charge in [0.25, 0.3) is 0 Å². The average molecular weight is 692 g/mol. The number of fused-ring (bicyclic) bond motifs is 12. The first kappa shape index (κ1) is 29.7. The summed E-state index contributed by atoms with van der Waals surface area (Å²) in [4.78, 5) is 0. The molecule has 1 aliphatic carbocycles. The Morgan fingerprint density at radius 3 is 1.93 bits per heavy atom. The van der Waals surface area contributed by atoms with E-state index < -0.39 is 0 Å². The summed E-state index contributed by atoms with van der Waals surface area (Å²) in [7, 11) is 0. The van der Waals surface area contributed by atoms with Gasteiger partial charge in [-0.15, -0.1) is 0 Å². The van der Waals surface area contributed by atoms with Crippen molar-refractivity contribution in [3.63, 3.8) is 0 Å². The van der Waals surface area contributed by atoms with Crippen molar-refractivity contribution in [3.8, 4) is 39.1 Å². The van der Waals surface area contributed by atoms with Gasteiger partial charge in [0.15, 0.2) is 5.58 Å². The predicted molar refractivity (Wildman–Crippen MR) is 224 cm³/mol. The minimum atomic E-state index is -0.0468. The molecule has 8 aromatic carbocycles. The van der Waals surface area contributed by atoms with Crippen LogP contribution in [0.25, 0.3) is 105 Å². The van der Waals surface area contributed by atoms with Crippen molar-refractivity contribution in [3.05, 3.63) is 175 Å². The molecule has 0 N–H and O–H groups in total. The van der Waals surface area contributed by atoms with E-state index in [1.807, 2.05) is 12.1 Å². The Hall–Kier alpha value is -6.84. The van der Waals surface area contributed by atoms with Crippen LogP contribution in [0.15, 0.2) is 173 Å². The molecule has 0 saturated carbocycles. The van der Waals surface area contributed by atoms with E-state index in [2.05, 4.69) is 170 Å². The second kappa shape index (κ2) is 10.6. The molecule has 0 atom stereocenters. The Labute approximate surface area is 311 Å². The Morgan fingerprint density at radius 1 is 0.389 bits per heavy atom. The molecule has 0 aliphatic heterocycles. The maximum absolute atomic E-state index is 6.77. The van der Waals surface area contributed by atoms with Gasteiger partial charge in [-0.2, -0.15) is 0 Å². The van der Waals surface area contributed by atoms with E-state index in [9.17, 15) is 0 Å². The van der Waals surface area contributed by atoms with Gasteiger partial charge in [-0.05, 0) is 87.5 Å². The maximum Gasteiger partial charge on any atom is 0.159 e. The third kappa shape index (κ3) is 3.96. The molecular formula is C51H33NO2. The van der Waals surface area contributed by atoms with Crippen molar-refractivity contribution in [1.82, 2.24) is 4.57 Å². The highest BCUT2D eigenvalue weighted by molar-refractivity contribution is 6.15. The van der Waals surface area contributed by atoms with Crippen LogP contribution in [0.5, 0.6) is 0 Å². The van der Waals surface area contributed by atoms with E-state index in [0.29, 0.717) is 0 Å². The minimum absolute atomic E-state index is 0.0468. The van der Waals surface area contributed by atoms with Crippen LogP contribution >= 0.6 is 0 Å². The standard InChI is InChI=1S/C51H33NO2/c1-51(2)42-17-6-3-11-34(42)35-24-21-31(29-43(35)51)30-22-25-45-40(27-30)36-12-4-7-18-44(36)52(45)46-19-10-16-39-41-28-32(23-26-48(41)54-50(39)46)33-14-9-15-38-37-13-5-8-20-47(37)53-49(33)38/h3-29H,1-2H3. The van der Waals surface area contributed by atoms with Crippen LogP contribution in [-0.4, -0.2) is 4.57 Å². The summed E-state index contributed by atoms with van der Waals surface area (Å²) in [5, 5.41) is 6.88. The molecule has 1 aliphatic rings. The monoisotopic (exact) mass is 691 g/mol. The predicted octanol–water partition coefficient (Wildman–Crippen LogP) is 14.2. The van der Waals surface area contributed by atoms with Crippen LogP contribution in [0.2, 0.25) is 0 Å². The van der Waals surface area contributed by atoms with Crippen molar-refractivity contribution < 1.29 is 8.83 Å². The minimum Gasteiger partial charge on any atom is -0.455 e. The number of para-hydroxylation sites is 4. The molecule has 12 rings (SSSR count). The van der Waals surface area contributed by atoms with Gasteiger partial charge in [0.05, 0.1) is 16.7 Å². The van der Waals surface area contributed by atoms with Crippen LogP contribution in [-0.2, 0) is 5.41 Å². The Kier molecular flexibility index (Phi) is 5.84. The van der Waals surface area contributed by atoms with Crippen LogP contribution in [0.3, 0.4) is 0 Å². The second-order valence-corrected chi connectivity index (χ2v) is 15.3. The summed E-state index contributed by atoms with van der Waals surface area (Å²) in [6, 6.07) is 59.2. The first-order valence-electron chi connectivity index (χ1n) is 18.7. The van der Waals surface area contributed by atoms with Crippen molar-refractivity contribution in [2.45, 2.75) is 19.3 Å². The molecule has 3 heteroatoms. The zero-order valence-corrected chi connectivity index (χ0v) is 29.9. The molecule has 0 bridgehead atoms. The molecule has 0 saturated heterocycles. The average Bonchev–Trinajstić information content (AvgIpc) is 3.94. The highest BCUT2D eigenvalue weighted by Crippen LogP contribution is 2.50. The number of benzene rings is 8. The van der Waals surface area contributed by atoms with Crippen LogP contribution in [0.1, 0.15) is 25.0 Å². The smallest absolute Gasteiger partial charge is 0.159 e. The van der Waals surface area contributed by atoms with E-state index >= 15 is 0 Å². The number of hydrogen-bond acceptors (Lipinski definition) is 2. The molecule has 0 amide bonds. The zero-order valence-electron chi connectivity index (χ0n) is 29.9. The van der Waals surface area contributed by atoms with Crippen LogP contribution in [0.4, 0.5) is 0 Å². The normalized spacial score (nSPS) is 13.5. The lowest BCUT2D eigenvalue weighted by molar-refractivity contribution is 0.660. The SMILES string of the molecule is CC1(C)c2ccccc2-c2ccc(-c3ccc4c(c3)c3ccccc3n4-c3cccc4c3oc3ccc(-c5cccc6c5oc5ccccc56)cc34)cc21. The maximum atomic E-state index is 6.77. The summed E-state index contributed by atoms with van der Waals surface area (Å²) >= 11 is 0. The fraction of sp³-hybridized carbons (Fsp3) is 0.0588. The molecular weight excluding hydrogens is 659 g/mol. The van der Waals surface area contributed by atoms with Gasteiger partial charge < -0.3 is 13.4 Å². The van der Waals surface area contributed by atoms with Crippen molar-refractivity contribution in [1.29, 1.82) is 0 Å². The molecule has 3 heterocycles. The van der Waals surface area contributed by atoms with Crippen molar-refractivity contribution >= 4 is 65.7 Å². The number of rotatable bonds is 3. The highest BCUT2D eigenvalue weighted by Gasteiger charge is 2.35. The van der Waals surface area contributed by atoms with Crippen molar-refractivity contribution in [2.24, 2.45) is 0 Å². The molecule has 254 valence electrons. The fourth-order valence-corrected chi connectivity index (χ4v) is 9.40. The summed E-state index contributed by atoms with van der Waals surface area (Å²) < 4.78 is 15.6. The third-order valence-electron chi connectivity index (χ3n) is 12.0. The molecule has 0 fully saturated rings. The number of aromatic nitrogens is 1. The lowest BCUT2D eigenvalue weighted by atomic mass is 9.81. The number of hydrogen-bond donors (Lipinski definition) is 0. The Balaban J connectivity index is 1.02. The van der Waals surface area contributed by atoms with Crippen LogP contribution in [0, 0.1) is 0 Å². The molecule has 54 heavy (non-hydrogen) atoms. The zero-order chi connectivity index (χ0) is 35.7. The second-order valence-electron chi connectivity index (χ2n) is 15.3. The summed E-state index contributed by atoms with van der Waals surface area (Å²) in [6.07, 6.45) is 0. The molecule has 3 aromatic heterocycles. The van der Waals surface area contributed by atoms with Gasteiger partial charge in [-0.3, -0.25) is 0 Å². The van der Waals surface area contributed by atoms with Gasteiger partial charge >= 0.3 is 0 Å². The Bertz CT molecular complexity index is 3370.